The first-order valence-electron chi connectivity index (χ1n) is 8.56. The number of nitrogens with zero attached hydrogens (tertiary/aromatic N) is 1. The van der Waals surface area contributed by atoms with Crippen molar-refractivity contribution >= 4 is 22.0 Å². The lowest BCUT2D eigenvalue weighted by atomic mass is 10.1. The van der Waals surface area contributed by atoms with Crippen LogP contribution in [0.2, 0.25) is 0 Å². The summed E-state index contributed by atoms with van der Waals surface area (Å²) in [6.45, 7) is 7.93. The van der Waals surface area contributed by atoms with Gasteiger partial charge in [-0.15, -0.1) is 0 Å². The SMILES string of the molecule is CCN(CC)S(=O)(=O)c1ccc([C@H](C)N[C@H](C)C(=O)NC(=O)NC)cc1. The number of carbonyl (C=O) groups excluding carboxylic acids is 2. The van der Waals surface area contributed by atoms with Gasteiger partial charge >= 0.3 is 6.03 Å². The minimum absolute atomic E-state index is 0.203. The molecule has 9 heteroatoms. The molecule has 0 saturated heterocycles. The molecular weight excluding hydrogens is 356 g/mol. The van der Waals surface area contributed by atoms with Crippen LogP contribution < -0.4 is 16.0 Å². The van der Waals surface area contributed by atoms with E-state index in [9.17, 15) is 18.0 Å². The lowest BCUT2D eigenvalue weighted by Crippen LogP contribution is -2.47. The number of sulfonamides is 1. The molecule has 1 rings (SSSR count). The maximum Gasteiger partial charge on any atom is 0.321 e. The average Bonchev–Trinajstić information content (AvgIpc) is 2.62. The van der Waals surface area contributed by atoms with E-state index in [0.717, 1.165) is 5.56 Å². The van der Waals surface area contributed by atoms with E-state index in [2.05, 4.69) is 16.0 Å². The summed E-state index contributed by atoms with van der Waals surface area (Å²) in [6, 6.07) is 5.20. The molecule has 1 aromatic carbocycles. The second kappa shape index (κ2) is 9.65. The van der Waals surface area contributed by atoms with E-state index in [1.165, 1.54) is 11.4 Å². The molecule has 0 unspecified atom stereocenters. The Kier molecular flexibility index (Phi) is 8.19. The van der Waals surface area contributed by atoms with Gasteiger partial charge in [0.1, 0.15) is 0 Å². The summed E-state index contributed by atoms with van der Waals surface area (Å²) in [6.07, 6.45) is 0. The quantitative estimate of drug-likeness (QED) is 0.624. The zero-order valence-electron chi connectivity index (χ0n) is 15.9. The Hall–Kier alpha value is -1.97. The maximum atomic E-state index is 12.5. The number of benzene rings is 1. The number of rotatable bonds is 8. The zero-order valence-corrected chi connectivity index (χ0v) is 16.7. The number of amides is 3. The van der Waals surface area contributed by atoms with Gasteiger partial charge in [0.05, 0.1) is 10.9 Å². The smallest absolute Gasteiger partial charge is 0.321 e. The van der Waals surface area contributed by atoms with Gasteiger partial charge in [0, 0.05) is 26.2 Å². The number of hydrogen-bond donors (Lipinski definition) is 3. The molecule has 146 valence electrons. The molecule has 3 amide bonds. The Bertz CT molecular complexity index is 715. The van der Waals surface area contributed by atoms with Gasteiger partial charge in [0.2, 0.25) is 15.9 Å². The molecule has 8 nitrogen and oxygen atoms in total. The third-order valence-electron chi connectivity index (χ3n) is 4.08. The first-order chi connectivity index (χ1) is 12.2. The first-order valence-corrected chi connectivity index (χ1v) is 10.00. The van der Waals surface area contributed by atoms with Crippen LogP contribution >= 0.6 is 0 Å². The van der Waals surface area contributed by atoms with Gasteiger partial charge in [0.25, 0.3) is 0 Å². The largest absolute Gasteiger partial charge is 0.341 e. The summed E-state index contributed by atoms with van der Waals surface area (Å²) < 4.78 is 26.4. The van der Waals surface area contributed by atoms with Crippen molar-refractivity contribution in [2.75, 3.05) is 20.1 Å². The van der Waals surface area contributed by atoms with Crippen molar-refractivity contribution in [3.05, 3.63) is 29.8 Å². The molecule has 26 heavy (non-hydrogen) atoms. The zero-order chi connectivity index (χ0) is 19.9. The summed E-state index contributed by atoms with van der Waals surface area (Å²) in [5, 5.41) is 7.60. The molecular formula is C17H28N4O4S. The summed E-state index contributed by atoms with van der Waals surface area (Å²) >= 11 is 0. The fraction of sp³-hybridized carbons (Fsp3) is 0.529. The Morgan fingerprint density at radius 1 is 1.08 bits per heavy atom. The summed E-state index contributed by atoms with van der Waals surface area (Å²) in [7, 11) is -2.06. The fourth-order valence-electron chi connectivity index (χ4n) is 2.47. The topological polar surface area (TPSA) is 108 Å². The average molecular weight is 385 g/mol. The fourth-order valence-corrected chi connectivity index (χ4v) is 3.93. The Morgan fingerprint density at radius 2 is 1.62 bits per heavy atom. The van der Waals surface area contributed by atoms with Crippen molar-refractivity contribution in [2.24, 2.45) is 0 Å². The van der Waals surface area contributed by atoms with Gasteiger partial charge in [-0.05, 0) is 31.5 Å². The molecule has 0 spiro atoms. The molecule has 0 aliphatic rings. The van der Waals surface area contributed by atoms with Crippen LogP contribution in [-0.4, -0.2) is 50.8 Å². The molecule has 0 bridgehead atoms. The lowest BCUT2D eigenvalue weighted by molar-refractivity contribution is -0.121. The van der Waals surface area contributed by atoms with Crippen molar-refractivity contribution in [3.8, 4) is 0 Å². The Morgan fingerprint density at radius 3 is 2.08 bits per heavy atom. The highest BCUT2D eigenvalue weighted by atomic mass is 32.2. The maximum absolute atomic E-state index is 12.5. The van der Waals surface area contributed by atoms with Crippen molar-refractivity contribution in [1.82, 2.24) is 20.3 Å². The summed E-state index contributed by atoms with van der Waals surface area (Å²) in [5.41, 5.74) is 0.836. The van der Waals surface area contributed by atoms with Crippen LogP contribution in [0.3, 0.4) is 0 Å². The van der Waals surface area contributed by atoms with Gasteiger partial charge < -0.3 is 5.32 Å². The van der Waals surface area contributed by atoms with Crippen molar-refractivity contribution in [3.63, 3.8) is 0 Å². The van der Waals surface area contributed by atoms with Crippen molar-refractivity contribution < 1.29 is 18.0 Å². The predicted octanol–water partition coefficient (Wildman–Crippen LogP) is 1.21. The normalized spacial score (nSPS) is 13.9. The molecule has 0 radical (unpaired) electrons. The highest BCUT2D eigenvalue weighted by Crippen LogP contribution is 2.19. The van der Waals surface area contributed by atoms with Crippen LogP contribution in [0.1, 0.15) is 39.3 Å². The molecule has 0 aliphatic heterocycles. The van der Waals surface area contributed by atoms with E-state index in [1.54, 1.807) is 45.0 Å². The number of nitrogens with one attached hydrogen (secondary N) is 3. The van der Waals surface area contributed by atoms with E-state index in [4.69, 9.17) is 0 Å². The van der Waals surface area contributed by atoms with Gasteiger partial charge in [-0.1, -0.05) is 26.0 Å². The molecule has 0 heterocycles. The minimum Gasteiger partial charge on any atom is -0.341 e. The molecule has 2 atom stereocenters. The van der Waals surface area contributed by atoms with Crippen LogP contribution in [0.15, 0.2) is 29.2 Å². The second-order valence-corrected chi connectivity index (χ2v) is 7.77. The third kappa shape index (κ3) is 5.52. The number of carbonyl (C=O) groups is 2. The van der Waals surface area contributed by atoms with Crippen molar-refractivity contribution in [1.29, 1.82) is 0 Å². The monoisotopic (exact) mass is 384 g/mol. The van der Waals surface area contributed by atoms with E-state index >= 15 is 0 Å². The standard InChI is InChI=1S/C17H28N4O4S/c1-6-21(7-2)26(24,25)15-10-8-14(9-11-15)12(3)19-13(4)16(22)20-17(23)18-5/h8-13,19H,6-7H2,1-5H3,(H2,18,20,22,23)/t12-,13+/m0/s1. The predicted molar refractivity (Wildman–Crippen MR) is 100 cm³/mol. The third-order valence-corrected chi connectivity index (χ3v) is 6.14. The van der Waals surface area contributed by atoms with Crippen LogP contribution in [0.25, 0.3) is 0 Å². The van der Waals surface area contributed by atoms with Crippen molar-refractivity contribution in [2.45, 2.75) is 44.7 Å². The van der Waals surface area contributed by atoms with Crippen LogP contribution in [-0.2, 0) is 14.8 Å². The summed E-state index contributed by atoms with van der Waals surface area (Å²) in [5.74, 6) is -0.447. The lowest BCUT2D eigenvalue weighted by Gasteiger charge is -2.21. The van der Waals surface area contributed by atoms with Gasteiger partial charge in [-0.3, -0.25) is 15.4 Å². The molecule has 0 saturated carbocycles. The van der Waals surface area contributed by atoms with Gasteiger partial charge in [-0.2, -0.15) is 4.31 Å². The highest BCUT2D eigenvalue weighted by molar-refractivity contribution is 7.89. The van der Waals surface area contributed by atoms with E-state index in [0.29, 0.717) is 13.1 Å². The van der Waals surface area contributed by atoms with E-state index in [1.807, 2.05) is 6.92 Å². The molecule has 0 fully saturated rings. The van der Waals surface area contributed by atoms with Gasteiger partial charge in [-0.25, -0.2) is 13.2 Å². The van der Waals surface area contributed by atoms with E-state index < -0.39 is 28.0 Å². The first kappa shape index (κ1) is 22.1. The van der Waals surface area contributed by atoms with Crippen LogP contribution in [0, 0.1) is 0 Å². The number of imide groups is 1. The molecule has 0 aliphatic carbocycles. The Balaban J connectivity index is 2.82. The highest BCUT2D eigenvalue weighted by Gasteiger charge is 2.22. The number of urea groups is 1. The Labute approximate surface area is 155 Å². The number of hydrogen-bond acceptors (Lipinski definition) is 5. The molecule has 3 N–H and O–H groups in total. The molecule has 1 aromatic rings. The van der Waals surface area contributed by atoms with E-state index in [-0.39, 0.29) is 10.9 Å². The van der Waals surface area contributed by atoms with Crippen LogP contribution in [0.4, 0.5) is 4.79 Å². The van der Waals surface area contributed by atoms with Gasteiger partial charge in [0.15, 0.2) is 0 Å². The summed E-state index contributed by atoms with van der Waals surface area (Å²) in [4.78, 5) is 23.3. The molecule has 0 aromatic heterocycles. The van der Waals surface area contributed by atoms with Crippen LogP contribution in [0.5, 0.6) is 0 Å². The minimum atomic E-state index is -3.49. The second-order valence-electron chi connectivity index (χ2n) is 5.84.